The predicted molar refractivity (Wildman–Crippen MR) is 102 cm³/mol. The summed E-state index contributed by atoms with van der Waals surface area (Å²) < 4.78 is 1.62. The Morgan fingerprint density at radius 2 is 1.69 bits per heavy atom. The number of nitrogens with one attached hydrogen (secondary N) is 1. The van der Waals surface area contributed by atoms with Crippen LogP contribution in [0.3, 0.4) is 0 Å². The van der Waals surface area contributed by atoms with Crippen LogP contribution in [0, 0.1) is 0 Å². The SMILES string of the molecule is O=c1c(-c2c[nH]c3ccccc23)nc2cccnc2n1-c1ccccc1. The van der Waals surface area contributed by atoms with Crippen LogP contribution in [0.15, 0.2) is 83.9 Å². The van der Waals surface area contributed by atoms with Gasteiger partial charge in [-0.05, 0) is 30.3 Å². The maximum Gasteiger partial charge on any atom is 0.283 e. The molecular formula is C21H14N4O. The molecule has 124 valence electrons. The van der Waals surface area contributed by atoms with Crippen LogP contribution >= 0.6 is 0 Å². The third kappa shape index (κ3) is 2.14. The molecule has 5 nitrogen and oxygen atoms in total. The van der Waals surface area contributed by atoms with Crippen molar-refractivity contribution in [3.05, 3.63) is 89.5 Å². The first kappa shape index (κ1) is 14.6. The molecule has 0 spiro atoms. The molecule has 0 unspecified atom stereocenters. The number of pyridine rings is 1. The summed E-state index contributed by atoms with van der Waals surface area (Å²) in [5, 5.41) is 0.972. The number of aromatic nitrogens is 4. The Balaban J connectivity index is 1.91. The van der Waals surface area contributed by atoms with Crippen LogP contribution in [0.2, 0.25) is 0 Å². The van der Waals surface area contributed by atoms with E-state index in [9.17, 15) is 4.79 Å². The highest BCUT2D eigenvalue weighted by Crippen LogP contribution is 2.26. The topological polar surface area (TPSA) is 63.6 Å². The van der Waals surface area contributed by atoms with Gasteiger partial charge in [-0.1, -0.05) is 36.4 Å². The number of fused-ring (bicyclic) bond motifs is 2. The highest BCUT2D eigenvalue weighted by Gasteiger charge is 2.17. The molecule has 5 aromatic rings. The predicted octanol–water partition coefficient (Wildman–Crippen LogP) is 3.93. The quantitative estimate of drug-likeness (QED) is 0.530. The summed E-state index contributed by atoms with van der Waals surface area (Å²) in [5.74, 6) is 0. The molecule has 26 heavy (non-hydrogen) atoms. The molecule has 2 aromatic carbocycles. The van der Waals surface area contributed by atoms with E-state index in [1.165, 1.54) is 0 Å². The molecule has 0 radical (unpaired) electrons. The molecular weight excluding hydrogens is 324 g/mol. The minimum absolute atomic E-state index is 0.188. The van der Waals surface area contributed by atoms with E-state index in [-0.39, 0.29) is 5.56 Å². The third-order valence-electron chi connectivity index (χ3n) is 4.47. The Morgan fingerprint density at radius 3 is 2.58 bits per heavy atom. The fourth-order valence-electron chi connectivity index (χ4n) is 3.28. The molecule has 1 N–H and O–H groups in total. The van der Waals surface area contributed by atoms with Gasteiger partial charge < -0.3 is 4.98 Å². The zero-order chi connectivity index (χ0) is 17.5. The van der Waals surface area contributed by atoms with Crippen LogP contribution < -0.4 is 5.56 Å². The molecule has 0 amide bonds. The smallest absolute Gasteiger partial charge is 0.283 e. The molecule has 0 saturated carbocycles. The maximum atomic E-state index is 13.4. The van der Waals surface area contributed by atoms with E-state index in [0.29, 0.717) is 16.9 Å². The number of H-pyrrole nitrogens is 1. The maximum absolute atomic E-state index is 13.4. The summed E-state index contributed by atoms with van der Waals surface area (Å²) >= 11 is 0. The number of hydrogen-bond donors (Lipinski definition) is 1. The highest BCUT2D eigenvalue weighted by molar-refractivity contribution is 5.95. The summed E-state index contributed by atoms with van der Waals surface area (Å²) in [5.41, 5.74) is 3.98. The lowest BCUT2D eigenvalue weighted by Crippen LogP contribution is -2.22. The van der Waals surface area contributed by atoms with Gasteiger partial charge in [0.25, 0.3) is 5.56 Å². The van der Waals surface area contributed by atoms with Gasteiger partial charge in [-0.3, -0.25) is 9.36 Å². The Morgan fingerprint density at radius 1 is 0.885 bits per heavy atom. The Bertz CT molecular complexity index is 1300. The zero-order valence-electron chi connectivity index (χ0n) is 13.8. The number of hydrogen-bond acceptors (Lipinski definition) is 3. The fourth-order valence-corrected chi connectivity index (χ4v) is 3.28. The van der Waals surface area contributed by atoms with Crippen molar-refractivity contribution in [1.82, 2.24) is 19.5 Å². The molecule has 0 bridgehead atoms. The van der Waals surface area contributed by atoms with Gasteiger partial charge in [0.05, 0.1) is 5.69 Å². The number of aromatic amines is 1. The van der Waals surface area contributed by atoms with E-state index in [4.69, 9.17) is 0 Å². The largest absolute Gasteiger partial charge is 0.360 e. The molecule has 0 fully saturated rings. The highest BCUT2D eigenvalue weighted by atomic mass is 16.1. The second-order valence-electron chi connectivity index (χ2n) is 6.03. The van der Waals surface area contributed by atoms with Crippen molar-refractivity contribution in [2.45, 2.75) is 0 Å². The minimum Gasteiger partial charge on any atom is -0.360 e. The Hall–Kier alpha value is -3.73. The normalized spacial score (nSPS) is 11.2. The van der Waals surface area contributed by atoms with Crippen molar-refractivity contribution in [1.29, 1.82) is 0 Å². The van der Waals surface area contributed by atoms with E-state index in [2.05, 4.69) is 15.0 Å². The summed E-state index contributed by atoms with van der Waals surface area (Å²) in [6, 6.07) is 21.1. The van der Waals surface area contributed by atoms with Crippen molar-refractivity contribution in [3.8, 4) is 16.9 Å². The first-order valence-electron chi connectivity index (χ1n) is 8.32. The average Bonchev–Trinajstić information content (AvgIpc) is 3.12. The van der Waals surface area contributed by atoms with Gasteiger partial charge in [0.2, 0.25) is 0 Å². The Labute approximate surface area is 148 Å². The summed E-state index contributed by atoms with van der Waals surface area (Å²) in [4.78, 5) is 25.6. The number of nitrogens with zero attached hydrogens (tertiary/aromatic N) is 3. The summed E-state index contributed by atoms with van der Waals surface area (Å²) in [6.45, 7) is 0. The first-order valence-corrected chi connectivity index (χ1v) is 8.32. The van der Waals surface area contributed by atoms with Gasteiger partial charge >= 0.3 is 0 Å². The molecule has 0 aliphatic rings. The first-order chi connectivity index (χ1) is 12.8. The van der Waals surface area contributed by atoms with E-state index >= 15 is 0 Å². The molecule has 3 heterocycles. The summed E-state index contributed by atoms with van der Waals surface area (Å²) in [6.07, 6.45) is 3.51. The van der Waals surface area contributed by atoms with E-state index in [1.54, 1.807) is 10.8 Å². The number of rotatable bonds is 2. The molecule has 0 atom stereocenters. The van der Waals surface area contributed by atoms with E-state index in [1.807, 2.05) is 72.9 Å². The van der Waals surface area contributed by atoms with Gasteiger partial charge in [-0.15, -0.1) is 0 Å². The lowest BCUT2D eigenvalue weighted by atomic mass is 10.1. The van der Waals surface area contributed by atoms with Crippen LogP contribution in [-0.4, -0.2) is 19.5 Å². The lowest BCUT2D eigenvalue weighted by molar-refractivity contribution is 0.995. The second-order valence-corrected chi connectivity index (χ2v) is 6.03. The van der Waals surface area contributed by atoms with Gasteiger partial charge in [0, 0.05) is 28.9 Å². The van der Waals surface area contributed by atoms with Crippen LogP contribution in [0.4, 0.5) is 0 Å². The minimum atomic E-state index is -0.188. The van der Waals surface area contributed by atoms with Crippen LogP contribution in [0.5, 0.6) is 0 Å². The fraction of sp³-hybridized carbons (Fsp3) is 0. The number of para-hydroxylation sites is 2. The summed E-state index contributed by atoms with van der Waals surface area (Å²) in [7, 11) is 0. The molecule has 5 rings (SSSR count). The monoisotopic (exact) mass is 338 g/mol. The van der Waals surface area contributed by atoms with Crippen LogP contribution in [0.1, 0.15) is 0 Å². The van der Waals surface area contributed by atoms with Crippen molar-refractivity contribution in [3.63, 3.8) is 0 Å². The van der Waals surface area contributed by atoms with Crippen molar-refractivity contribution in [2.24, 2.45) is 0 Å². The van der Waals surface area contributed by atoms with Crippen LogP contribution in [0.25, 0.3) is 39.0 Å². The van der Waals surface area contributed by atoms with Gasteiger partial charge in [-0.2, -0.15) is 0 Å². The average molecular weight is 338 g/mol. The van der Waals surface area contributed by atoms with E-state index < -0.39 is 0 Å². The van der Waals surface area contributed by atoms with Crippen molar-refractivity contribution < 1.29 is 0 Å². The Kier molecular flexibility index (Phi) is 3.18. The standard InChI is InChI=1S/C21H14N4O/c26-21-19(16-13-23-17-10-5-4-9-15(16)17)24-18-11-6-12-22-20(18)25(21)14-7-2-1-3-8-14/h1-13,23H. The van der Waals surface area contributed by atoms with Crippen molar-refractivity contribution in [2.75, 3.05) is 0 Å². The molecule has 0 aliphatic carbocycles. The molecule has 5 heteroatoms. The number of benzene rings is 2. The van der Waals surface area contributed by atoms with Gasteiger partial charge in [-0.25, -0.2) is 9.97 Å². The van der Waals surface area contributed by atoms with E-state index in [0.717, 1.165) is 22.2 Å². The van der Waals surface area contributed by atoms with Gasteiger partial charge in [0.1, 0.15) is 11.2 Å². The second kappa shape index (κ2) is 5.67. The third-order valence-corrected chi connectivity index (χ3v) is 4.47. The molecule has 0 aliphatic heterocycles. The van der Waals surface area contributed by atoms with Crippen LogP contribution in [-0.2, 0) is 0 Å². The zero-order valence-corrected chi connectivity index (χ0v) is 13.8. The molecule has 0 saturated heterocycles. The lowest BCUT2D eigenvalue weighted by Gasteiger charge is -2.11. The van der Waals surface area contributed by atoms with Crippen molar-refractivity contribution >= 4 is 22.1 Å². The molecule has 3 aromatic heterocycles. The van der Waals surface area contributed by atoms with Gasteiger partial charge in [0.15, 0.2) is 5.65 Å².